The molecule has 0 radical (unpaired) electrons. The van der Waals surface area contributed by atoms with E-state index in [1.807, 2.05) is 4.84 Å². The fourth-order valence-corrected chi connectivity index (χ4v) is 1.90. The maximum Gasteiger partial charge on any atom is 0.265 e. The van der Waals surface area contributed by atoms with Crippen molar-refractivity contribution in [2.75, 3.05) is 0 Å². The molecule has 0 bridgehead atoms. The van der Waals surface area contributed by atoms with Crippen LogP contribution in [-0.2, 0) is 4.79 Å². The molecule has 0 heterocycles. The van der Waals surface area contributed by atoms with Crippen LogP contribution in [-0.4, -0.2) is 22.7 Å². The zero-order valence-electron chi connectivity index (χ0n) is 7.42. The van der Waals surface area contributed by atoms with E-state index >= 15 is 0 Å². The van der Waals surface area contributed by atoms with Crippen LogP contribution in [0.25, 0.3) is 0 Å². The molecule has 0 saturated heterocycles. The van der Waals surface area contributed by atoms with Gasteiger partial charge in [0.15, 0.2) is 6.10 Å². The monoisotopic (exact) mass is 206 g/mol. The number of halogens is 1. The molecule has 0 aromatic rings. The van der Waals surface area contributed by atoms with Crippen LogP contribution in [0.4, 0.5) is 0 Å². The maximum absolute atomic E-state index is 11.0. The molecular formula is C8H15ClN2O2. The molecule has 1 fully saturated rings. The Morgan fingerprint density at radius 3 is 2.46 bits per heavy atom. The standard InChI is InChI=1S/C8H15ClN2O2/c9-11-7(13)6(12)8(10)4-2-1-3-5-8/h6,12H,1-5,10H2,(H,11,13). The minimum absolute atomic E-state index is 0.605. The molecule has 1 aliphatic rings. The number of amides is 1. The predicted octanol–water partition coefficient (Wildman–Crippen LogP) is 0.279. The van der Waals surface area contributed by atoms with Crippen LogP contribution in [0.1, 0.15) is 32.1 Å². The number of hydrogen-bond acceptors (Lipinski definition) is 3. The van der Waals surface area contributed by atoms with E-state index in [9.17, 15) is 9.90 Å². The zero-order valence-corrected chi connectivity index (χ0v) is 8.18. The fourth-order valence-electron chi connectivity index (χ4n) is 1.80. The Labute approximate surface area is 82.5 Å². The molecule has 1 atom stereocenters. The number of aliphatic hydroxyl groups is 1. The highest BCUT2D eigenvalue weighted by Crippen LogP contribution is 2.28. The largest absolute Gasteiger partial charge is 0.381 e. The molecule has 4 N–H and O–H groups in total. The lowest BCUT2D eigenvalue weighted by atomic mass is 9.78. The van der Waals surface area contributed by atoms with Crippen molar-refractivity contribution in [3.05, 3.63) is 0 Å². The van der Waals surface area contributed by atoms with E-state index in [0.29, 0.717) is 12.8 Å². The van der Waals surface area contributed by atoms with E-state index in [0.717, 1.165) is 19.3 Å². The third-order valence-corrected chi connectivity index (χ3v) is 2.86. The van der Waals surface area contributed by atoms with Gasteiger partial charge in [-0.15, -0.1) is 0 Å². The van der Waals surface area contributed by atoms with Gasteiger partial charge in [0.05, 0.1) is 5.54 Å². The zero-order chi connectivity index (χ0) is 9.90. The van der Waals surface area contributed by atoms with Crippen LogP contribution in [0.3, 0.4) is 0 Å². The Balaban J connectivity index is 2.61. The van der Waals surface area contributed by atoms with Gasteiger partial charge >= 0.3 is 0 Å². The van der Waals surface area contributed by atoms with Gasteiger partial charge in [-0.1, -0.05) is 19.3 Å². The van der Waals surface area contributed by atoms with Crippen LogP contribution < -0.4 is 10.6 Å². The molecule has 76 valence electrons. The summed E-state index contributed by atoms with van der Waals surface area (Å²) in [5.41, 5.74) is 5.13. The van der Waals surface area contributed by atoms with Gasteiger partial charge in [0.25, 0.3) is 5.91 Å². The Morgan fingerprint density at radius 1 is 1.46 bits per heavy atom. The van der Waals surface area contributed by atoms with Crippen molar-refractivity contribution < 1.29 is 9.90 Å². The molecule has 1 amide bonds. The summed E-state index contributed by atoms with van der Waals surface area (Å²) in [6, 6.07) is 0. The van der Waals surface area contributed by atoms with Crippen molar-refractivity contribution in [2.45, 2.75) is 43.7 Å². The second-order valence-corrected chi connectivity index (χ2v) is 3.84. The van der Waals surface area contributed by atoms with Gasteiger partial charge in [0.1, 0.15) is 0 Å². The Morgan fingerprint density at radius 2 is 2.00 bits per heavy atom. The number of carbonyl (C=O) groups is 1. The third-order valence-electron chi connectivity index (χ3n) is 2.67. The predicted molar refractivity (Wildman–Crippen MR) is 50.0 cm³/mol. The summed E-state index contributed by atoms with van der Waals surface area (Å²) in [4.78, 5) is 12.9. The number of nitrogens with one attached hydrogen (secondary N) is 1. The van der Waals surface area contributed by atoms with E-state index in [2.05, 4.69) is 0 Å². The number of aliphatic hydroxyl groups excluding tert-OH is 1. The van der Waals surface area contributed by atoms with Gasteiger partial charge in [-0.2, -0.15) is 0 Å². The number of nitrogens with two attached hydrogens (primary N) is 1. The Kier molecular flexibility index (Phi) is 3.53. The molecule has 4 nitrogen and oxygen atoms in total. The van der Waals surface area contributed by atoms with Crippen molar-refractivity contribution >= 4 is 17.7 Å². The quantitative estimate of drug-likeness (QED) is 0.568. The van der Waals surface area contributed by atoms with Crippen LogP contribution in [0.2, 0.25) is 0 Å². The van der Waals surface area contributed by atoms with E-state index in [-0.39, 0.29) is 0 Å². The molecule has 1 aliphatic carbocycles. The normalized spacial score (nSPS) is 23.6. The Hall–Kier alpha value is -0.320. The van der Waals surface area contributed by atoms with Crippen molar-refractivity contribution in [3.63, 3.8) is 0 Å². The number of carbonyl (C=O) groups excluding carboxylic acids is 1. The SMILES string of the molecule is NC1(C(O)C(=O)NCl)CCCCC1. The lowest BCUT2D eigenvalue weighted by Gasteiger charge is -2.36. The van der Waals surface area contributed by atoms with Crippen molar-refractivity contribution in [3.8, 4) is 0 Å². The van der Waals surface area contributed by atoms with Crippen molar-refractivity contribution in [2.24, 2.45) is 5.73 Å². The average Bonchev–Trinajstić information content (AvgIpc) is 2.16. The van der Waals surface area contributed by atoms with Gasteiger partial charge in [-0.3, -0.25) is 9.63 Å². The number of hydrogen-bond donors (Lipinski definition) is 3. The average molecular weight is 207 g/mol. The summed E-state index contributed by atoms with van der Waals surface area (Å²) in [7, 11) is 0. The summed E-state index contributed by atoms with van der Waals surface area (Å²) in [5, 5.41) is 9.58. The molecule has 1 unspecified atom stereocenters. The smallest absolute Gasteiger partial charge is 0.265 e. The molecule has 5 heteroatoms. The fraction of sp³-hybridized carbons (Fsp3) is 0.875. The first-order valence-corrected chi connectivity index (χ1v) is 4.85. The summed E-state index contributed by atoms with van der Waals surface area (Å²) < 4.78 is 0. The van der Waals surface area contributed by atoms with E-state index in [4.69, 9.17) is 17.5 Å². The molecule has 0 aromatic heterocycles. The number of rotatable bonds is 2. The Bertz CT molecular complexity index is 193. The maximum atomic E-state index is 11.0. The summed E-state index contributed by atoms with van der Waals surface area (Å²) in [6.45, 7) is 0. The van der Waals surface area contributed by atoms with Gasteiger partial charge in [0.2, 0.25) is 0 Å². The summed E-state index contributed by atoms with van der Waals surface area (Å²) >= 11 is 5.11. The molecule has 1 rings (SSSR count). The molecule has 13 heavy (non-hydrogen) atoms. The first-order valence-electron chi connectivity index (χ1n) is 4.47. The third kappa shape index (κ3) is 2.33. The van der Waals surface area contributed by atoms with Gasteiger partial charge in [0, 0.05) is 11.8 Å². The molecule has 0 aromatic carbocycles. The minimum Gasteiger partial charge on any atom is -0.381 e. The lowest BCUT2D eigenvalue weighted by Crippen LogP contribution is -2.57. The van der Waals surface area contributed by atoms with Crippen LogP contribution in [0.5, 0.6) is 0 Å². The molecule has 0 spiro atoms. The van der Waals surface area contributed by atoms with E-state index in [1.165, 1.54) is 0 Å². The molecule has 0 aliphatic heterocycles. The summed E-state index contributed by atoms with van der Waals surface area (Å²) in [6.07, 6.45) is 3.21. The van der Waals surface area contributed by atoms with Gasteiger partial charge in [-0.25, -0.2) is 0 Å². The van der Waals surface area contributed by atoms with Crippen LogP contribution in [0, 0.1) is 0 Å². The molecular weight excluding hydrogens is 192 g/mol. The van der Waals surface area contributed by atoms with E-state index < -0.39 is 17.6 Å². The van der Waals surface area contributed by atoms with Gasteiger partial charge < -0.3 is 10.8 Å². The minimum atomic E-state index is -1.19. The van der Waals surface area contributed by atoms with Crippen molar-refractivity contribution in [1.82, 2.24) is 4.84 Å². The van der Waals surface area contributed by atoms with Crippen LogP contribution >= 0.6 is 11.8 Å². The molecule has 1 saturated carbocycles. The first kappa shape index (κ1) is 10.8. The van der Waals surface area contributed by atoms with Crippen molar-refractivity contribution in [1.29, 1.82) is 0 Å². The highest BCUT2D eigenvalue weighted by atomic mass is 35.5. The second-order valence-electron chi connectivity index (χ2n) is 3.66. The highest BCUT2D eigenvalue weighted by Gasteiger charge is 2.39. The second kappa shape index (κ2) is 4.26. The highest BCUT2D eigenvalue weighted by molar-refractivity contribution is 6.22. The van der Waals surface area contributed by atoms with E-state index in [1.54, 1.807) is 0 Å². The lowest BCUT2D eigenvalue weighted by molar-refractivity contribution is -0.131. The summed E-state index contributed by atoms with van der Waals surface area (Å²) in [5.74, 6) is -0.605. The van der Waals surface area contributed by atoms with Crippen LogP contribution in [0.15, 0.2) is 0 Å². The van der Waals surface area contributed by atoms with Gasteiger partial charge in [-0.05, 0) is 12.8 Å². The topological polar surface area (TPSA) is 75.3 Å². The first-order chi connectivity index (χ1) is 6.10.